The van der Waals surface area contributed by atoms with Crippen molar-refractivity contribution in [1.82, 2.24) is 25.5 Å². The Hall–Kier alpha value is -0.620. The molecule has 0 aliphatic carbocycles. The van der Waals surface area contributed by atoms with Crippen LogP contribution in [0.1, 0.15) is 19.3 Å². The number of tetrazole rings is 1. The van der Waals surface area contributed by atoms with Gasteiger partial charge in [0.2, 0.25) is 5.16 Å². The third-order valence-corrected chi connectivity index (χ3v) is 3.58. The van der Waals surface area contributed by atoms with Crippen molar-refractivity contribution < 1.29 is 0 Å². The van der Waals surface area contributed by atoms with Crippen LogP contribution in [0, 0.1) is 0 Å². The van der Waals surface area contributed by atoms with Crippen molar-refractivity contribution in [2.45, 2.75) is 30.5 Å². The zero-order valence-corrected chi connectivity index (χ0v) is 9.13. The number of aryl methyl sites for hydroxylation is 1. The minimum absolute atomic E-state index is 0.630. The summed E-state index contributed by atoms with van der Waals surface area (Å²) in [6, 6.07) is 0.630. The van der Waals surface area contributed by atoms with E-state index in [1.54, 1.807) is 16.4 Å². The molecule has 2 rings (SSSR count). The Bertz CT molecular complexity index is 281. The van der Waals surface area contributed by atoms with Crippen molar-refractivity contribution in [3.63, 3.8) is 0 Å². The smallest absolute Gasteiger partial charge is 0.209 e. The molecule has 0 bridgehead atoms. The Balaban J connectivity index is 1.79. The lowest BCUT2D eigenvalue weighted by atomic mass is 10.1. The van der Waals surface area contributed by atoms with E-state index in [0.29, 0.717) is 6.04 Å². The number of thioether (sulfide) groups is 1. The fourth-order valence-electron chi connectivity index (χ4n) is 1.58. The van der Waals surface area contributed by atoms with Gasteiger partial charge in [0.1, 0.15) is 0 Å². The molecule has 1 unspecified atom stereocenters. The lowest BCUT2D eigenvalue weighted by molar-refractivity contribution is 0.429. The van der Waals surface area contributed by atoms with E-state index < -0.39 is 0 Å². The largest absolute Gasteiger partial charge is 0.313 e. The second-order valence-corrected chi connectivity index (χ2v) is 4.53. The maximum Gasteiger partial charge on any atom is 0.209 e. The Labute approximate surface area is 87.6 Å². The molecule has 1 N–H and O–H groups in total. The van der Waals surface area contributed by atoms with Crippen molar-refractivity contribution >= 4 is 11.8 Å². The summed E-state index contributed by atoms with van der Waals surface area (Å²) in [5.74, 6) is 1.06. The van der Waals surface area contributed by atoms with Crippen molar-refractivity contribution in [2.75, 3.05) is 12.3 Å². The monoisotopic (exact) mass is 213 g/mol. The maximum absolute atomic E-state index is 3.94. The molecule has 1 aromatic rings. The summed E-state index contributed by atoms with van der Waals surface area (Å²) in [5.41, 5.74) is 0. The normalized spacial score (nSPS) is 22.5. The van der Waals surface area contributed by atoms with E-state index in [1.807, 2.05) is 7.05 Å². The van der Waals surface area contributed by atoms with Gasteiger partial charge in [-0.05, 0) is 29.8 Å². The fourth-order valence-corrected chi connectivity index (χ4v) is 2.54. The molecular weight excluding hydrogens is 198 g/mol. The third kappa shape index (κ3) is 2.45. The molecule has 1 aliphatic heterocycles. The van der Waals surface area contributed by atoms with Crippen LogP contribution < -0.4 is 5.32 Å². The molecule has 0 saturated carbocycles. The highest BCUT2D eigenvalue weighted by molar-refractivity contribution is 7.99. The van der Waals surface area contributed by atoms with Crippen LogP contribution in [-0.2, 0) is 7.05 Å². The number of aromatic nitrogens is 4. The van der Waals surface area contributed by atoms with Gasteiger partial charge in [-0.1, -0.05) is 18.2 Å². The van der Waals surface area contributed by atoms with Gasteiger partial charge in [0.05, 0.1) is 0 Å². The summed E-state index contributed by atoms with van der Waals surface area (Å²) >= 11 is 1.72. The average Bonchev–Trinajstić information content (AvgIpc) is 2.63. The van der Waals surface area contributed by atoms with Crippen LogP contribution in [0.2, 0.25) is 0 Å². The lowest BCUT2D eigenvalue weighted by Gasteiger charge is -2.22. The van der Waals surface area contributed by atoms with Gasteiger partial charge < -0.3 is 5.32 Å². The molecular formula is C8H15N5S. The Morgan fingerprint density at radius 2 is 2.50 bits per heavy atom. The fraction of sp³-hybridized carbons (Fsp3) is 0.875. The van der Waals surface area contributed by atoms with Crippen LogP contribution in [0.5, 0.6) is 0 Å². The summed E-state index contributed by atoms with van der Waals surface area (Å²) in [4.78, 5) is 0. The third-order valence-electron chi connectivity index (χ3n) is 2.41. The molecule has 2 heterocycles. The van der Waals surface area contributed by atoms with E-state index in [-0.39, 0.29) is 0 Å². The van der Waals surface area contributed by atoms with E-state index in [1.165, 1.54) is 19.3 Å². The molecule has 5 nitrogen and oxygen atoms in total. The van der Waals surface area contributed by atoms with Crippen LogP contribution in [0.25, 0.3) is 0 Å². The van der Waals surface area contributed by atoms with Gasteiger partial charge in [-0.15, -0.1) is 5.10 Å². The van der Waals surface area contributed by atoms with Crippen LogP contribution >= 0.6 is 11.8 Å². The molecule has 1 saturated heterocycles. The summed E-state index contributed by atoms with van der Waals surface area (Å²) in [6.45, 7) is 1.16. The van der Waals surface area contributed by atoms with Crippen LogP contribution in [0.3, 0.4) is 0 Å². The first kappa shape index (κ1) is 9.92. The van der Waals surface area contributed by atoms with Crippen LogP contribution in [0.15, 0.2) is 5.16 Å². The quantitative estimate of drug-likeness (QED) is 0.739. The molecule has 1 fully saturated rings. The second-order valence-electron chi connectivity index (χ2n) is 3.54. The van der Waals surface area contributed by atoms with Gasteiger partial charge in [-0.2, -0.15) is 0 Å². The molecule has 1 atom stereocenters. The summed E-state index contributed by atoms with van der Waals surface area (Å²) in [6.07, 6.45) is 3.93. The molecule has 14 heavy (non-hydrogen) atoms. The van der Waals surface area contributed by atoms with E-state index in [4.69, 9.17) is 0 Å². The zero-order chi connectivity index (χ0) is 9.80. The van der Waals surface area contributed by atoms with Crippen molar-refractivity contribution in [1.29, 1.82) is 0 Å². The summed E-state index contributed by atoms with van der Waals surface area (Å²) < 4.78 is 1.72. The van der Waals surface area contributed by atoms with Crippen molar-refractivity contribution in [3.05, 3.63) is 0 Å². The number of hydrogen-bond donors (Lipinski definition) is 1. The number of rotatable bonds is 3. The minimum Gasteiger partial charge on any atom is -0.313 e. The highest BCUT2D eigenvalue weighted by Crippen LogP contribution is 2.17. The first-order chi connectivity index (χ1) is 6.86. The molecule has 0 spiro atoms. The number of hydrogen-bond acceptors (Lipinski definition) is 5. The summed E-state index contributed by atoms with van der Waals surface area (Å²) in [5, 5.41) is 15.7. The predicted octanol–water partition coefficient (Wildman–Crippen LogP) is 0.444. The van der Waals surface area contributed by atoms with Crippen LogP contribution in [-0.4, -0.2) is 38.5 Å². The SMILES string of the molecule is Cn1nnnc1SCC1CCCCN1. The van der Waals surface area contributed by atoms with Gasteiger partial charge in [-0.3, -0.25) is 0 Å². The molecule has 0 aromatic carbocycles. The number of nitrogens with zero attached hydrogens (tertiary/aromatic N) is 4. The van der Waals surface area contributed by atoms with Crippen LogP contribution in [0.4, 0.5) is 0 Å². The van der Waals surface area contributed by atoms with Gasteiger partial charge in [0, 0.05) is 18.8 Å². The van der Waals surface area contributed by atoms with Gasteiger partial charge >= 0.3 is 0 Å². The molecule has 6 heteroatoms. The molecule has 1 aliphatic rings. The predicted molar refractivity (Wildman–Crippen MR) is 55.2 cm³/mol. The average molecular weight is 213 g/mol. The first-order valence-electron chi connectivity index (χ1n) is 4.95. The Morgan fingerprint density at radius 1 is 1.57 bits per heavy atom. The molecule has 0 amide bonds. The zero-order valence-electron chi connectivity index (χ0n) is 8.31. The van der Waals surface area contributed by atoms with E-state index in [2.05, 4.69) is 20.8 Å². The molecule has 0 radical (unpaired) electrons. The van der Waals surface area contributed by atoms with Crippen molar-refractivity contribution in [3.8, 4) is 0 Å². The first-order valence-corrected chi connectivity index (χ1v) is 5.93. The number of nitrogens with one attached hydrogen (secondary N) is 1. The number of piperidine rings is 1. The Kier molecular flexibility index (Phi) is 3.36. The highest BCUT2D eigenvalue weighted by Gasteiger charge is 2.14. The second kappa shape index (κ2) is 4.75. The van der Waals surface area contributed by atoms with E-state index >= 15 is 0 Å². The highest BCUT2D eigenvalue weighted by atomic mass is 32.2. The van der Waals surface area contributed by atoms with Gasteiger partial charge in [0.25, 0.3) is 0 Å². The lowest BCUT2D eigenvalue weighted by Crippen LogP contribution is -2.35. The van der Waals surface area contributed by atoms with E-state index in [0.717, 1.165) is 17.5 Å². The standard InChI is InChI=1S/C8H15N5S/c1-13-8(10-11-12-13)14-6-7-4-2-3-5-9-7/h7,9H,2-6H2,1H3. The maximum atomic E-state index is 3.94. The van der Waals surface area contributed by atoms with Crippen molar-refractivity contribution in [2.24, 2.45) is 7.05 Å². The topological polar surface area (TPSA) is 55.6 Å². The Morgan fingerprint density at radius 3 is 3.14 bits per heavy atom. The van der Waals surface area contributed by atoms with E-state index in [9.17, 15) is 0 Å². The van der Waals surface area contributed by atoms with Gasteiger partial charge in [0.15, 0.2) is 0 Å². The molecule has 1 aromatic heterocycles. The molecule has 78 valence electrons. The summed E-state index contributed by atoms with van der Waals surface area (Å²) in [7, 11) is 1.87. The minimum atomic E-state index is 0.630. The van der Waals surface area contributed by atoms with Gasteiger partial charge in [-0.25, -0.2) is 4.68 Å².